The summed E-state index contributed by atoms with van der Waals surface area (Å²) in [6.45, 7) is 0. The van der Waals surface area contributed by atoms with Crippen molar-refractivity contribution < 1.29 is 60.3 Å². The van der Waals surface area contributed by atoms with E-state index in [9.17, 15) is 60.3 Å². The van der Waals surface area contributed by atoms with Gasteiger partial charge in [-0.05, 0) is 24.3 Å². The number of sulfone groups is 1. The van der Waals surface area contributed by atoms with Crippen LogP contribution in [-0.4, -0.2) is 60.3 Å². The molecule has 2 rings (SSSR count). The Morgan fingerprint density at radius 1 is 0.455 bits per heavy atom. The summed E-state index contributed by atoms with van der Waals surface area (Å²) < 4.78 is 154. The smallest absolute Gasteiger partial charge is 0.268 e. The van der Waals surface area contributed by atoms with Gasteiger partial charge < -0.3 is 0 Å². The number of anilines is 2. The van der Waals surface area contributed by atoms with Crippen LogP contribution in [0, 0.1) is 0 Å². The lowest BCUT2D eigenvalue weighted by atomic mass is 10.3. The third kappa shape index (κ3) is 5.59. The molecule has 0 bridgehead atoms. The molecule has 21 heteroatoms. The molecule has 0 unspecified atom stereocenters. The Bertz CT molecular complexity index is 1450. The molecule has 0 amide bonds. The van der Waals surface area contributed by atoms with E-state index in [1.165, 1.54) is 0 Å². The fourth-order valence-electron chi connectivity index (χ4n) is 2.52. The van der Waals surface area contributed by atoms with Crippen molar-refractivity contribution in [1.82, 2.24) is 0 Å². The van der Waals surface area contributed by atoms with E-state index < -0.39 is 79.6 Å². The van der Waals surface area contributed by atoms with Crippen LogP contribution >= 0.6 is 0 Å². The Morgan fingerprint density at radius 2 is 0.697 bits per heavy atom. The highest BCUT2D eigenvalue weighted by atomic mass is 32.3. The topological polar surface area (TPSA) is 258 Å². The predicted octanol–water partition coefficient (Wildman–Crippen LogP) is -0.657. The first-order chi connectivity index (χ1) is 14.7. The summed E-state index contributed by atoms with van der Waals surface area (Å²) in [7, 11) is -28.8. The molecule has 0 atom stereocenters. The van der Waals surface area contributed by atoms with Crippen LogP contribution in [-0.2, 0) is 51.1 Å². The van der Waals surface area contributed by atoms with Crippen LogP contribution in [0.15, 0.2) is 58.3 Å². The molecule has 33 heavy (non-hydrogen) atoms. The van der Waals surface area contributed by atoms with Crippen molar-refractivity contribution in [1.29, 1.82) is 0 Å². The maximum Gasteiger partial charge on any atom is 0.375 e. The van der Waals surface area contributed by atoms with Crippen molar-refractivity contribution >= 4 is 62.4 Å². The number of para-hydroxylation sites is 2. The van der Waals surface area contributed by atoms with E-state index in [0.29, 0.717) is 24.3 Å². The molecule has 0 aliphatic heterocycles. The molecule has 0 aliphatic carbocycles. The van der Waals surface area contributed by atoms with Crippen molar-refractivity contribution in [2.45, 2.75) is 9.79 Å². The van der Waals surface area contributed by atoms with E-state index >= 15 is 0 Å². The van der Waals surface area contributed by atoms with Crippen LogP contribution in [0.2, 0.25) is 0 Å². The van der Waals surface area contributed by atoms with Gasteiger partial charge >= 0.3 is 41.2 Å². The van der Waals surface area contributed by atoms with E-state index in [0.717, 1.165) is 24.3 Å². The first-order valence-corrected chi connectivity index (χ1v) is 14.7. The lowest BCUT2D eigenvalue weighted by Crippen LogP contribution is -2.37. The second-order valence-corrected chi connectivity index (χ2v) is 13.1. The van der Waals surface area contributed by atoms with E-state index in [4.69, 9.17) is 0 Å². The van der Waals surface area contributed by atoms with Crippen LogP contribution in [0.5, 0.6) is 0 Å². The molecule has 2 aromatic rings. The molecule has 0 fully saturated rings. The second-order valence-electron chi connectivity index (χ2n) is 5.74. The molecule has 184 valence electrons. The highest BCUT2D eigenvalue weighted by Crippen LogP contribution is 2.37. The first kappa shape index (κ1) is 26.9. The van der Waals surface area contributed by atoms with Gasteiger partial charge in [-0.1, -0.05) is 24.3 Å². The Kier molecular flexibility index (Phi) is 6.88. The number of hydrogen-bond acceptors (Lipinski definition) is 10. The summed E-state index contributed by atoms with van der Waals surface area (Å²) in [6, 6.07) is 5.80. The van der Waals surface area contributed by atoms with Gasteiger partial charge in [0.25, 0.3) is 0 Å². The largest absolute Gasteiger partial charge is 0.375 e. The van der Waals surface area contributed by atoms with Gasteiger partial charge in [0.1, 0.15) is 0 Å². The number of hydrogen-bond donors (Lipinski definition) is 4. The quantitative estimate of drug-likeness (QED) is 0.288. The van der Waals surface area contributed by atoms with Crippen molar-refractivity contribution in [2.24, 2.45) is 0 Å². The Hall–Kier alpha value is -2.37. The van der Waals surface area contributed by atoms with Gasteiger partial charge in [0.2, 0.25) is 9.84 Å². The maximum absolute atomic E-state index is 13.2. The van der Waals surface area contributed by atoms with E-state index in [1.54, 1.807) is 0 Å². The average Bonchev–Trinajstić information content (AvgIpc) is 2.57. The van der Waals surface area contributed by atoms with Crippen molar-refractivity contribution in [3.8, 4) is 0 Å². The molecule has 2 aromatic carbocycles. The van der Waals surface area contributed by atoms with E-state index in [2.05, 4.69) is 0 Å². The summed E-state index contributed by atoms with van der Waals surface area (Å²) in [5.74, 6) is 0. The fourth-order valence-corrected chi connectivity index (χ4v) is 7.91. The highest BCUT2D eigenvalue weighted by Gasteiger charge is 2.40. The maximum atomic E-state index is 13.2. The molecule has 0 saturated carbocycles. The molecule has 0 aliphatic rings. The van der Waals surface area contributed by atoms with Crippen LogP contribution in [0.25, 0.3) is 0 Å². The van der Waals surface area contributed by atoms with E-state index in [1.807, 2.05) is 0 Å². The summed E-state index contributed by atoms with van der Waals surface area (Å²) >= 11 is 0. The number of benzene rings is 2. The summed E-state index contributed by atoms with van der Waals surface area (Å²) in [6.07, 6.45) is 0. The summed E-state index contributed by atoms with van der Waals surface area (Å²) in [4.78, 5) is -2.59. The SMILES string of the molecule is O=S(=O)(c1ccccc1N(S(=O)(=O)O)S(=O)(=O)O)c1ccccc1N(S(=O)(=O)O)S(=O)(=O)O. The third-order valence-electron chi connectivity index (χ3n) is 3.54. The number of rotatable bonds is 8. The van der Waals surface area contributed by atoms with Crippen molar-refractivity contribution in [3.05, 3.63) is 48.5 Å². The second kappa shape index (κ2) is 8.44. The van der Waals surface area contributed by atoms with Gasteiger partial charge in [-0.15, -0.1) is 7.42 Å². The molecule has 4 N–H and O–H groups in total. The van der Waals surface area contributed by atoms with Crippen LogP contribution in [0.1, 0.15) is 0 Å². The summed E-state index contributed by atoms with van der Waals surface area (Å²) in [5.41, 5.74) is -2.75. The zero-order valence-electron chi connectivity index (χ0n) is 15.4. The zero-order chi connectivity index (χ0) is 25.6. The van der Waals surface area contributed by atoms with Crippen LogP contribution in [0.4, 0.5) is 11.4 Å². The fraction of sp³-hybridized carbons (Fsp3) is 0. The Morgan fingerprint density at radius 3 is 0.939 bits per heavy atom. The predicted molar refractivity (Wildman–Crippen MR) is 109 cm³/mol. The molecular weight excluding hydrogens is 556 g/mol. The lowest BCUT2D eigenvalue weighted by Gasteiger charge is -2.22. The first-order valence-electron chi connectivity index (χ1n) is 7.64. The van der Waals surface area contributed by atoms with Crippen molar-refractivity contribution in [3.63, 3.8) is 0 Å². The van der Waals surface area contributed by atoms with Gasteiger partial charge in [0.05, 0.1) is 21.2 Å². The minimum atomic E-state index is -5.86. The van der Waals surface area contributed by atoms with Gasteiger partial charge in [0, 0.05) is 0 Å². The zero-order valence-corrected chi connectivity index (χ0v) is 19.5. The third-order valence-corrected chi connectivity index (χ3v) is 10.1. The molecular formula is C12H12N2O14S5. The molecule has 0 heterocycles. The molecule has 0 aromatic heterocycles. The molecule has 0 saturated heterocycles. The normalized spacial score (nSPS) is 13.5. The molecule has 16 nitrogen and oxygen atoms in total. The minimum absolute atomic E-state index is 0.514. The van der Waals surface area contributed by atoms with Gasteiger partial charge in [-0.3, -0.25) is 18.2 Å². The summed E-state index contributed by atoms with van der Waals surface area (Å²) in [5, 5.41) is 0. The average molecular weight is 569 g/mol. The van der Waals surface area contributed by atoms with Crippen LogP contribution in [0.3, 0.4) is 0 Å². The Balaban J connectivity index is 3.00. The number of nitrogens with zero attached hydrogens (tertiary/aromatic N) is 2. The molecule has 0 radical (unpaired) electrons. The minimum Gasteiger partial charge on any atom is -0.268 e. The Labute approximate surface area is 188 Å². The highest BCUT2D eigenvalue weighted by molar-refractivity contribution is 8.05. The van der Waals surface area contributed by atoms with E-state index in [-0.39, 0.29) is 0 Å². The molecule has 0 spiro atoms. The monoisotopic (exact) mass is 568 g/mol. The standard InChI is InChI=1S/C12H12N2O14S5/c15-29(16,11-7-3-1-5-9(11)13(30(17,18)19)31(20,21)22)12-8-4-2-6-10(12)14(32(23,24)25)33(26,27)28/h1-8H,(H,17,18,19)(H,20,21,22)(H,23,24,25)(H,26,27,28). The lowest BCUT2D eigenvalue weighted by molar-refractivity contribution is 0.461. The van der Waals surface area contributed by atoms with Crippen molar-refractivity contribution in [2.75, 3.05) is 7.42 Å². The van der Waals surface area contributed by atoms with Gasteiger partial charge in [-0.2, -0.15) is 33.7 Å². The van der Waals surface area contributed by atoms with Crippen LogP contribution < -0.4 is 7.42 Å². The van der Waals surface area contributed by atoms with Gasteiger partial charge in [-0.25, -0.2) is 8.42 Å². The van der Waals surface area contributed by atoms with Gasteiger partial charge in [0.15, 0.2) is 0 Å².